The number of halogens is 1. The Balaban J connectivity index is 2.67. The van der Waals surface area contributed by atoms with E-state index in [-0.39, 0.29) is 11.1 Å². The molecular formula is C16H22IN3O. The topological polar surface area (TPSA) is 46.9 Å². The van der Waals surface area contributed by atoms with Gasteiger partial charge in [0.25, 0.3) is 5.56 Å². The highest BCUT2D eigenvalue weighted by atomic mass is 127. The van der Waals surface area contributed by atoms with Gasteiger partial charge in [-0.1, -0.05) is 19.4 Å². The van der Waals surface area contributed by atoms with Gasteiger partial charge in [0.15, 0.2) is 0 Å². The highest BCUT2D eigenvalue weighted by Gasteiger charge is 2.17. The number of unbranched alkanes of at least 4 members (excludes halogenated alkanes) is 1. The molecule has 0 saturated heterocycles. The molecular weight excluding hydrogens is 377 g/mol. The van der Waals surface area contributed by atoms with Gasteiger partial charge in [0.2, 0.25) is 5.95 Å². The van der Waals surface area contributed by atoms with Crippen LogP contribution in [0, 0.1) is 3.57 Å². The average Bonchev–Trinajstić information content (AvgIpc) is 2.38. The van der Waals surface area contributed by atoms with Crippen molar-refractivity contribution in [3.63, 3.8) is 0 Å². The maximum atomic E-state index is 12.8. The van der Waals surface area contributed by atoms with Gasteiger partial charge in [-0.2, -0.15) is 0 Å². The average molecular weight is 399 g/mol. The van der Waals surface area contributed by atoms with E-state index >= 15 is 0 Å². The summed E-state index contributed by atoms with van der Waals surface area (Å²) in [6, 6.07) is 5.75. The first kappa shape index (κ1) is 16.3. The molecule has 1 heterocycles. The maximum absolute atomic E-state index is 12.8. The first-order chi connectivity index (χ1) is 9.83. The normalized spacial score (nSPS) is 11.9. The van der Waals surface area contributed by atoms with E-state index in [2.05, 4.69) is 55.6 Å². The molecule has 0 fully saturated rings. The quantitative estimate of drug-likeness (QED) is 0.791. The molecule has 1 N–H and O–H groups in total. The predicted octanol–water partition coefficient (Wildman–Crippen LogP) is 4.01. The summed E-state index contributed by atoms with van der Waals surface area (Å²) in [6.45, 7) is 9.04. The smallest absolute Gasteiger partial charge is 0.262 e. The number of rotatable bonds is 4. The van der Waals surface area contributed by atoms with Crippen LogP contribution in [0.2, 0.25) is 0 Å². The Hall–Kier alpha value is -1.11. The number of hydrogen-bond acceptors (Lipinski definition) is 3. The second-order valence-electron chi connectivity index (χ2n) is 6.26. The van der Waals surface area contributed by atoms with Crippen molar-refractivity contribution < 1.29 is 0 Å². The molecule has 114 valence electrons. The summed E-state index contributed by atoms with van der Waals surface area (Å²) in [7, 11) is 0. The number of nitrogens with zero attached hydrogens (tertiary/aromatic N) is 2. The van der Waals surface area contributed by atoms with E-state index in [0.717, 1.165) is 21.9 Å². The Morgan fingerprint density at radius 2 is 2.05 bits per heavy atom. The van der Waals surface area contributed by atoms with Gasteiger partial charge in [-0.15, -0.1) is 0 Å². The van der Waals surface area contributed by atoms with Crippen molar-refractivity contribution in [1.82, 2.24) is 9.55 Å². The Labute approximate surface area is 139 Å². The van der Waals surface area contributed by atoms with E-state index < -0.39 is 0 Å². The van der Waals surface area contributed by atoms with Crippen LogP contribution >= 0.6 is 22.6 Å². The summed E-state index contributed by atoms with van der Waals surface area (Å²) >= 11 is 2.23. The van der Waals surface area contributed by atoms with Gasteiger partial charge in [0, 0.05) is 15.7 Å². The zero-order valence-electron chi connectivity index (χ0n) is 13.0. The molecule has 21 heavy (non-hydrogen) atoms. The molecule has 0 radical (unpaired) electrons. The fourth-order valence-electron chi connectivity index (χ4n) is 2.16. The molecule has 5 heteroatoms. The van der Waals surface area contributed by atoms with Crippen molar-refractivity contribution in [3.8, 4) is 0 Å². The Bertz CT molecular complexity index is 701. The lowest BCUT2D eigenvalue weighted by atomic mass is 10.1. The minimum absolute atomic E-state index is 0.0405. The summed E-state index contributed by atoms with van der Waals surface area (Å²) in [4.78, 5) is 17.5. The molecule has 0 unspecified atom stereocenters. The Morgan fingerprint density at radius 3 is 2.67 bits per heavy atom. The Morgan fingerprint density at radius 1 is 1.33 bits per heavy atom. The van der Waals surface area contributed by atoms with Gasteiger partial charge in [0.05, 0.1) is 10.9 Å². The van der Waals surface area contributed by atoms with Crippen LogP contribution in [0.25, 0.3) is 10.9 Å². The lowest BCUT2D eigenvalue weighted by Crippen LogP contribution is -2.33. The second-order valence-corrected chi connectivity index (χ2v) is 7.42. The van der Waals surface area contributed by atoms with E-state index in [1.807, 2.05) is 18.2 Å². The lowest BCUT2D eigenvalue weighted by Gasteiger charge is -2.24. The van der Waals surface area contributed by atoms with Crippen molar-refractivity contribution >= 4 is 39.4 Å². The monoisotopic (exact) mass is 399 g/mol. The summed E-state index contributed by atoms with van der Waals surface area (Å²) in [6.07, 6.45) is 2.02. The fourth-order valence-corrected chi connectivity index (χ4v) is 2.78. The first-order valence-corrected chi connectivity index (χ1v) is 8.38. The lowest BCUT2D eigenvalue weighted by molar-refractivity contribution is 0.577. The van der Waals surface area contributed by atoms with Gasteiger partial charge in [0.1, 0.15) is 0 Å². The second kappa shape index (κ2) is 6.34. The van der Waals surface area contributed by atoms with Crippen molar-refractivity contribution in [1.29, 1.82) is 0 Å². The fraction of sp³-hybridized carbons (Fsp3) is 0.500. The largest absolute Gasteiger partial charge is 0.351 e. The summed E-state index contributed by atoms with van der Waals surface area (Å²) < 4.78 is 2.77. The van der Waals surface area contributed by atoms with Crippen molar-refractivity contribution in [2.24, 2.45) is 0 Å². The zero-order valence-corrected chi connectivity index (χ0v) is 15.2. The van der Waals surface area contributed by atoms with Crippen molar-refractivity contribution in [3.05, 3.63) is 32.1 Å². The molecule has 0 aliphatic rings. The Kier molecular flexibility index (Phi) is 4.91. The maximum Gasteiger partial charge on any atom is 0.262 e. The standard InChI is InChI=1S/C16H22IN3O/c1-5-6-10-20-14(21)11-8-7-9-12(17)13(11)18-15(20)19-16(2,3)4/h7-9H,5-6,10H2,1-4H3,(H,18,19). The molecule has 2 aromatic rings. The highest BCUT2D eigenvalue weighted by molar-refractivity contribution is 14.1. The molecule has 1 aromatic heterocycles. The minimum Gasteiger partial charge on any atom is -0.351 e. The van der Waals surface area contributed by atoms with Crippen LogP contribution in [0.4, 0.5) is 5.95 Å². The zero-order chi connectivity index (χ0) is 15.6. The van der Waals surface area contributed by atoms with Crippen LogP contribution in [0.3, 0.4) is 0 Å². The number of nitrogens with one attached hydrogen (secondary N) is 1. The summed E-state index contributed by atoms with van der Waals surface area (Å²) in [5, 5.41) is 4.06. The molecule has 0 bridgehead atoms. The van der Waals surface area contributed by atoms with Gasteiger partial charge in [-0.25, -0.2) is 4.98 Å². The molecule has 0 amide bonds. The molecule has 0 aliphatic carbocycles. The van der Waals surface area contributed by atoms with Gasteiger partial charge in [-0.3, -0.25) is 9.36 Å². The van der Waals surface area contributed by atoms with Gasteiger partial charge < -0.3 is 5.32 Å². The van der Waals surface area contributed by atoms with Crippen LogP contribution in [0.5, 0.6) is 0 Å². The van der Waals surface area contributed by atoms with E-state index in [4.69, 9.17) is 4.98 Å². The highest BCUT2D eigenvalue weighted by Crippen LogP contribution is 2.20. The minimum atomic E-state index is -0.138. The number of para-hydroxylation sites is 1. The van der Waals surface area contributed by atoms with E-state index in [9.17, 15) is 4.79 Å². The molecule has 0 spiro atoms. The van der Waals surface area contributed by atoms with Crippen molar-refractivity contribution in [2.75, 3.05) is 5.32 Å². The molecule has 2 rings (SSSR count). The van der Waals surface area contributed by atoms with Crippen LogP contribution in [-0.2, 0) is 6.54 Å². The van der Waals surface area contributed by atoms with E-state index in [1.54, 1.807) is 4.57 Å². The van der Waals surface area contributed by atoms with Gasteiger partial charge in [-0.05, 0) is 61.9 Å². The number of benzene rings is 1. The molecule has 0 aliphatic heterocycles. The number of anilines is 1. The molecule has 0 atom stereocenters. The number of hydrogen-bond donors (Lipinski definition) is 1. The van der Waals surface area contributed by atoms with Crippen molar-refractivity contribution in [2.45, 2.75) is 52.6 Å². The SMILES string of the molecule is CCCCn1c(NC(C)(C)C)nc2c(I)cccc2c1=O. The van der Waals surface area contributed by atoms with Crippen LogP contribution < -0.4 is 10.9 Å². The van der Waals surface area contributed by atoms with Crippen LogP contribution in [0.1, 0.15) is 40.5 Å². The van der Waals surface area contributed by atoms with E-state index in [0.29, 0.717) is 17.9 Å². The third kappa shape index (κ3) is 3.75. The van der Waals surface area contributed by atoms with Crippen LogP contribution in [0.15, 0.2) is 23.0 Å². The first-order valence-electron chi connectivity index (χ1n) is 7.30. The molecule has 1 aromatic carbocycles. The third-order valence-corrected chi connectivity index (χ3v) is 4.03. The third-order valence-electron chi connectivity index (χ3n) is 3.16. The summed E-state index contributed by atoms with van der Waals surface area (Å²) in [5.41, 5.74) is 0.683. The number of fused-ring (bicyclic) bond motifs is 1. The number of aromatic nitrogens is 2. The summed E-state index contributed by atoms with van der Waals surface area (Å²) in [5.74, 6) is 0.664. The molecule has 0 saturated carbocycles. The molecule has 4 nitrogen and oxygen atoms in total. The predicted molar refractivity (Wildman–Crippen MR) is 97.0 cm³/mol. The van der Waals surface area contributed by atoms with E-state index in [1.165, 1.54) is 0 Å². The van der Waals surface area contributed by atoms with Gasteiger partial charge >= 0.3 is 0 Å². The van der Waals surface area contributed by atoms with Crippen LogP contribution in [-0.4, -0.2) is 15.1 Å².